The van der Waals surface area contributed by atoms with Crippen LogP contribution in [0.15, 0.2) is 48.8 Å². The first-order valence-corrected chi connectivity index (χ1v) is 8.24. The number of nitrogens with zero attached hydrogens (tertiary/aromatic N) is 4. The molecule has 4 nitrogen and oxygen atoms in total. The number of halogens is 1. The molecule has 0 saturated heterocycles. The van der Waals surface area contributed by atoms with Gasteiger partial charge < -0.3 is 4.57 Å². The molecule has 0 radical (unpaired) electrons. The number of aromatic nitrogens is 4. The van der Waals surface area contributed by atoms with Crippen LogP contribution in [-0.4, -0.2) is 19.3 Å². The van der Waals surface area contributed by atoms with Crippen molar-refractivity contribution in [1.29, 1.82) is 0 Å². The molecule has 4 rings (SSSR count). The summed E-state index contributed by atoms with van der Waals surface area (Å²) in [6.45, 7) is 4.00. The summed E-state index contributed by atoms with van der Waals surface area (Å²) in [5, 5.41) is 5.36. The van der Waals surface area contributed by atoms with Gasteiger partial charge in [0, 0.05) is 36.4 Å². The Morgan fingerprint density at radius 3 is 2.68 bits per heavy atom. The van der Waals surface area contributed by atoms with Gasteiger partial charge in [0.2, 0.25) is 0 Å². The Morgan fingerprint density at radius 1 is 1.08 bits per heavy atom. The van der Waals surface area contributed by atoms with Crippen molar-refractivity contribution >= 4 is 11.0 Å². The van der Waals surface area contributed by atoms with Gasteiger partial charge in [-0.2, -0.15) is 5.10 Å². The Morgan fingerprint density at radius 2 is 1.92 bits per heavy atom. The molecule has 1 aromatic carbocycles. The third-order valence-electron chi connectivity index (χ3n) is 4.61. The number of hydrogen-bond donors (Lipinski definition) is 0. The zero-order chi connectivity index (χ0) is 17.6. The minimum Gasteiger partial charge on any atom is -0.301 e. The average molecular weight is 334 g/mol. The van der Waals surface area contributed by atoms with Crippen LogP contribution in [0.2, 0.25) is 0 Å². The molecule has 126 valence electrons. The first kappa shape index (κ1) is 15.6. The van der Waals surface area contributed by atoms with E-state index >= 15 is 0 Å². The van der Waals surface area contributed by atoms with Crippen LogP contribution in [0.4, 0.5) is 4.39 Å². The molecule has 0 fully saturated rings. The average Bonchev–Trinajstić information content (AvgIpc) is 3.13. The van der Waals surface area contributed by atoms with Gasteiger partial charge in [-0.25, -0.2) is 9.37 Å². The van der Waals surface area contributed by atoms with Gasteiger partial charge in [0.25, 0.3) is 0 Å². The molecule has 0 saturated carbocycles. The van der Waals surface area contributed by atoms with E-state index in [-0.39, 0.29) is 5.82 Å². The summed E-state index contributed by atoms with van der Waals surface area (Å²) in [6, 6.07) is 11.0. The maximum absolute atomic E-state index is 13.9. The number of fused-ring (bicyclic) bond motifs is 1. The van der Waals surface area contributed by atoms with Crippen LogP contribution in [0.5, 0.6) is 0 Å². The van der Waals surface area contributed by atoms with E-state index in [2.05, 4.69) is 16.1 Å². The van der Waals surface area contributed by atoms with Crippen molar-refractivity contribution in [3.63, 3.8) is 0 Å². The van der Waals surface area contributed by atoms with E-state index in [9.17, 15) is 4.39 Å². The van der Waals surface area contributed by atoms with E-state index in [1.807, 2.05) is 60.7 Å². The Hall–Kier alpha value is -2.95. The Labute approximate surface area is 145 Å². The highest BCUT2D eigenvalue weighted by Gasteiger charge is 2.14. The van der Waals surface area contributed by atoms with Crippen LogP contribution in [0.25, 0.3) is 16.7 Å². The fraction of sp³-hybridized carbons (Fsp3) is 0.200. The maximum atomic E-state index is 13.9. The Bertz CT molecular complexity index is 1060. The molecule has 0 atom stereocenters. The predicted octanol–water partition coefficient (Wildman–Crippen LogP) is 4.11. The van der Waals surface area contributed by atoms with Gasteiger partial charge in [-0.05, 0) is 61.4 Å². The van der Waals surface area contributed by atoms with Gasteiger partial charge in [0.15, 0.2) is 0 Å². The van der Waals surface area contributed by atoms with Crippen molar-refractivity contribution in [3.8, 4) is 5.69 Å². The number of aryl methyl sites for hydroxylation is 3. The molecule has 0 aliphatic heterocycles. The summed E-state index contributed by atoms with van der Waals surface area (Å²) in [5.41, 5.74) is 5.87. The van der Waals surface area contributed by atoms with Crippen molar-refractivity contribution in [2.45, 2.75) is 20.3 Å². The maximum Gasteiger partial charge on any atom is 0.144 e. The largest absolute Gasteiger partial charge is 0.301 e. The molecule has 3 aromatic heterocycles. The van der Waals surface area contributed by atoms with Crippen molar-refractivity contribution < 1.29 is 4.39 Å². The highest BCUT2D eigenvalue weighted by atomic mass is 19.1. The van der Waals surface area contributed by atoms with Crippen molar-refractivity contribution in [2.75, 3.05) is 0 Å². The topological polar surface area (TPSA) is 35.6 Å². The van der Waals surface area contributed by atoms with Crippen LogP contribution < -0.4 is 0 Å². The van der Waals surface area contributed by atoms with Crippen LogP contribution in [-0.2, 0) is 13.5 Å². The number of rotatable bonds is 3. The molecule has 0 spiro atoms. The summed E-state index contributed by atoms with van der Waals surface area (Å²) in [5.74, 6) is -0.237. The second-order valence-electron chi connectivity index (χ2n) is 6.40. The Kier molecular flexibility index (Phi) is 3.64. The Balaban J connectivity index is 1.89. The monoisotopic (exact) mass is 334 g/mol. The number of benzene rings is 1. The quantitative estimate of drug-likeness (QED) is 0.565. The SMILES string of the molecule is Cc1ccc2ccn(-c3ccc(F)cc3Cc3c(C)cnn3C)c2n1. The zero-order valence-corrected chi connectivity index (χ0v) is 14.5. The second-order valence-corrected chi connectivity index (χ2v) is 6.40. The lowest BCUT2D eigenvalue weighted by Gasteiger charge is -2.13. The normalized spacial score (nSPS) is 11.4. The van der Waals surface area contributed by atoms with E-state index in [1.54, 1.807) is 6.07 Å². The van der Waals surface area contributed by atoms with Gasteiger partial charge in [0.05, 0.1) is 11.9 Å². The lowest BCUT2D eigenvalue weighted by molar-refractivity contribution is 0.624. The molecule has 0 amide bonds. The minimum absolute atomic E-state index is 0.237. The first-order valence-electron chi connectivity index (χ1n) is 8.24. The van der Waals surface area contributed by atoms with E-state index < -0.39 is 0 Å². The molecule has 0 unspecified atom stereocenters. The standard InChI is InChI=1S/C20H19FN4/c1-13-12-22-24(3)19(13)11-16-10-17(21)6-7-18(16)25-9-8-15-5-4-14(2)23-20(15)25/h4-10,12H,11H2,1-3H3. The molecular weight excluding hydrogens is 315 g/mol. The third kappa shape index (κ3) is 2.71. The van der Waals surface area contributed by atoms with Crippen molar-refractivity contribution in [2.24, 2.45) is 7.05 Å². The van der Waals surface area contributed by atoms with Crippen LogP contribution >= 0.6 is 0 Å². The van der Waals surface area contributed by atoms with Crippen LogP contribution in [0.3, 0.4) is 0 Å². The van der Waals surface area contributed by atoms with Gasteiger partial charge >= 0.3 is 0 Å². The van der Waals surface area contributed by atoms with Gasteiger partial charge in [-0.15, -0.1) is 0 Å². The summed E-state index contributed by atoms with van der Waals surface area (Å²) in [7, 11) is 1.91. The summed E-state index contributed by atoms with van der Waals surface area (Å²) in [6.07, 6.45) is 4.44. The predicted molar refractivity (Wildman–Crippen MR) is 96.5 cm³/mol. The molecule has 0 N–H and O–H groups in total. The molecular formula is C20H19FN4. The first-order chi connectivity index (χ1) is 12.0. The van der Waals surface area contributed by atoms with E-state index in [1.165, 1.54) is 6.07 Å². The minimum atomic E-state index is -0.237. The van der Waals surface area contributed by atoms with Gasteiger partial charge in [-0.1, -0.05) is 0 Å². The lowest BCUT2D eigenvalue weighted by atomic mass is 10.0. The van der Waals surface area contributed by atoms with Crippen molar-refractivity contribution in [1.82, 2.24) is 19.3 Å². The molecule has 0 aliphatic rings. The fourth-order valence-electron chi connectivity index (χ4n) is 3.23. The third-order valence-corrected chi connectivity index (χ3v) is 4.61. The number of pyridine rings is 1. The summed E-state index contributed by atoms with van der Waals surface area (Å²) >= 11 is 0. The fourth-order valence-corrected chi connectivity index (χ4v) is 3.23. The van der Waals surface area contributed by atoms with E-state index in [0.717, 1.165) is 39.2 Å². The summed E-state index contributed by atoms with van der Waals surface area (Å²) < 4.78 is 17.8. The lowest BCUT2D eigenvalue weighted by Crippen LogP contribution is -2.05. The van der Waals surface area contributed by atoms with Gasteiger partial charge in [0.1, 0.15) is 11.5 Å². The molecule has 5 heteroatoms. The van der Waals surface area contributed by atoms with Crippen molar-refractivity contribution in [3.05, 3.63) is 77.1 Å². The molecule has 0 bridgehead atoms. The smallest absolute Gasteiger partial charge is 0.144 e. The highest BCUT2D eigenvalue weighted by Crippen LogP contribution is 2.25. The van der Waals surface area contributed by atoms with Gasteiger partial charge in [-0.3, -0.25) is 4.68 Å². The number of hydrogen-bond acceptors (Lipinski definition) is 2. The second kappa shape index (κ2) is 5.84. The molecule has 0 aliphatic carbocycles. The molecule has 4 aromatic rings. The van der Waals surface area contributed by atoms with Crippen LogP contribution in [0.1, 0.15) is 22.5 Å². The van der Waals surface area contributed by atoms with Crippen LogP contribution in [0, 0.1) is 19.7 Å². The highest BCUT2D eigenvalue weighted by molar-refractivity contribution is 5.78. The van der Waals surface area contributed by atoms with E-state index in [4.69, 9.17) is 0 Å². The van der Waals surface area contributed by atoms with E-state index in [0.29, 0.717) is 6.42 Å². The molecule has 25 heavy (non-hydrogen) atoms. The molecule has 3 heterocycles. The summed E-state index contributed by atoms with van der Waals surface area (Å²) in [4.78, 5) is 4.66. The zero-order valence-electron chi connectivity index (χ0n) is 14.5.